The largest absolute Gasteiger partial charge is 0.352 e. The Labute approximate surface area is 206 Å². The van der Waals surface area contributed by atoms with E-state index >= 15 is 0 Å². The zero-order valence-electron chi connectivity index (χ0n) is 20.1. The van der Waals surface area contributed by atoms with E-state index in [9.17, 15) is 19.2 Å². The lowest BCUT2D eigenvalue weighted by Gasteiger charge is -2.32. The van der Waals surface area contributed by atoms with Crippen LogP contribution in [0.2, 0.25) is 5.02 Å². The second-order valence-electron chi connectivity index (χ2n) is 9.09. The van der Waals surface area contributed by atoms with Gasteiger partial charge in [0.2, 0.25) is 23.6 Å². The van der Waals surface area contributed by atoms with E-state index in [0.717, 1.165) is 12.0 Å². The van der Waals surface area contributed by atoms with E-state index in [-0.39, 0.29) is 61.0 Å². The molecule has 0 bridgehead atoms. The Morgan fingerprint density at radius 3 is 2.26 bits per heavy atom. The van der Waals surface area contributed by atoms with Gasteiger partial charge in [-0.3, -0.25) is 24.1 Å². The number of benzene rings is 1. The molecule has 1 aromatic rings. The Morgan fingerprint density at radius 2 is 1.71 bits per heavy atom. The second-order valence-corrected chi connectivity index (χ2v) is 9.50. The van der Waals surface area contributed by atoms with Gasteiger partial charge in [-0.25, -0.2) is 0 Å². The average molecular weight is 488 g/mol. The lowest BCUT2D eigenvalue weighted by molar-refractivity contribution is -0.144. The number of likely N-dealkylation sites (tertiary alicyclic amines) is 1. The minimum absolute atomic E-state index is 0.0180. The Hall–Kier alpha value is -2.67. The number of hydrogen-bond acceptors (Lipinski definition) is 4. The van der Waals surface area contributed by atoms with Crippen molar-refractivity contribution in [3.8, 4) is 0 Å². The van der Waals surface area contributed by atoms with Crippen LogP contribution in [0.1, 0.15) is 58.4 Å². The summed E-state index contributed by atoms with van der Waals surface area (Å²) >= 11 is 6.35. The quantitative estimate of drug-likeness (QED) is 0.402. The molecule has 2 aliphatic rings. The van der Waals surface area contributed by atoms with Crippen LogP contribution in [-0.2, 0) is 25.7 Å². The molecule has 0 spiro atoms. The zero-order valence-corrected chi connectivity index (χ0v) is 20.9. The van der Waals surface area contributed by atoms with Crippen molar-refractivity contribution in [1.82, 2.24) is 15.1 Å². The summed E-state index contributed by atoms with van der Waals surface area (Å²) in [6.45, 7) is 5.95. The van der Waals surface area contributed by atoms with E-state index in [2.05, 4.69) is 5.32 Å². The average Bonchev–Trinajstić information content (AvgIpc) is 3.08. The highest BCUT2D eigenvalue weighted by molar-refractivity contribution is 6.31. The van der Waals surface area contributed by atoms with Gasteiger partial charge in [-0.1, -0.05) is 55.8 Å². The molecule has 34 heavy (non-hydrogen) atoms. The summed E-state index contributed by atoms with van der Waals surface area (Å²) in [4.78, 5) is 54.8. The van der Waals surface area contributed by atoms with Gasteiger partial charge in [0.15, 0.2) is 0 Å². The molecule has 1 aliphatic carbocycles. The van der Waals surface area contributed by atoms with Gasteiger partial charge in [-0.15, -0.1) is 0 Å². The summed E-state index contributed by atoms with van der Waals surface area (Å²) < 4.78 is 0. The predicted octanol–water partition coefficient (Wildman–Crippen LogP) is 3.70. The Bertz CT molecular complexity index is 937. The molecule has 4 amide bonds. The predicted molar refractivity (Wildman–Crippen MR) is 131 cm³/mol. The first kappa shape index (κ1) is 25.9. The summed E-state index contributed by atoms with van der Waals surface area (Å²) in [6, 6.07) is 6.51. The molecule has 0 saturated carbocycles. The van der Waals surface area contributed by atoms with Gasteiger partial charge in [-0.05, 0) is 44.2 Å². The molecule has 1 heterocycles. The molecule has 0 radical (unpaired) electrons. The van der Waals surface area contributed by atoms with Crippen LogP contribution in [-0.4, -0.2) is 52.1 Å². The molecule has 1 aromatic carbocycles. The molecule has 1 saturated heterocycles. The third-order valence-corrected chi connectivity index (χ3v) is 7.20. The molecule has 184 valence electrons. The van der Waals surface area contributed by atoms with Crippen LogP contribution >= 0.6 is 11.6 Å². The maximum Gasteiger partial charge on any atom is 0.243 e. The number of imide groups is 1. The highest BCUT2D eigenvalue weighted by atomic mass is 35.5. The van der Waals surface area contributed by atoms with Crippen LogP contribution in [0.4, 0.5) is 0 Å². The Morgan fingerprint density at radius 1 is 1.09 bits per heavy atom. The number of hydrogen-bond donors (Lipinski definition) is 1. The van der Waals surface area contributed by atoms with Crippen molar-refractivity contribution >= 4 is 35.2 Å². The fraction of sp³-hybridized carbons (Fsp3) is 0.538. The summed E-state index contributed by atoms with van der Waals surface area (Å²) in [5.41, 5.74) is 0.734. The third kappa shape index (κ3) is 5.69. The fourth-order valence-corrected chi connectivity index (χ4v) is 4.81. The maximum atomic E-state index is 13.4. The standard InChI is InChI=1S/C26H34ClN3O4/c1-4-17(3)28-24(32)22(5-2)30(16-18-10-6-9-13-21(18)27)23(31)14-15-29-25(33)19-11-7-8-12-20(19)26(29)34/h6-10,13,17,19-20,22H,4-5,11-12,14-16H2,1-3H3,(H,28,32)/t17?,19-,20+,22?. The number of nitrogens with one attached hydrogen (secondary N) is 1. The number of rotatable bonds is 10. The summed E-state index contributed by atoms with van der Waals surface area (Å²) in [5.74, 6) is -1.56. The third-order valence-electron chi connectivity index (χ3n) is 6.83. The molecule has 7 nitrogen and oxygen atoms in total. The zero-order chi connectivity index (χ0) is 24.8. The normalized spacial score (nSPS) is 21.2. The summed E-state index contributed by atoms with van der Waals surface area (Å²) in [6.07, 6.45) is 6.16. The SMILES string of the molecule is CCC(C)NC(=O)C(CC)N(Cc1ccccc1Cl)C(=O)CCN1C(=O)[C@H]2CC=CC[C@H]2C1=O. The van der Waals surface area contributed by atoms with Crippen LogP contribution in [0.5, 0.6) is 0 Å². The first-order chi connectivity index (χ1) is 16.3. The second kappa shape index (κ2) is 11.6. The number of nitrogens with zero attached hydrogens (tertiary/aromatic N) is 2. The monoisotopic (exact) mass is 487 g/mol. The van der Waals surface area contributed by atoms with Crippen molar-refractivity contribution in [1.29, 1.82) is 0 Å². The van der Waals surface area contributed by atoms with E-state index in [1.807, 2.05) is 51.1 Å². The van der Waals surface area contributed by atoms with E-state index in [0.29, 0.717) is 24.3 Å². The number of carbonyl (C=O) groups excluding carboxylic acids is 4. The lowest BCUT2D eigenvalue weighted by atomic mass is 9.85. The van der Waals surface area contributed by atoms with Crippen molar-refractivity contribution in [3.05, 3.63) is 47.0 Å². The number of halogens is 1. The Kier molecular flexibility index (Phi) is 8.89. The smallest absolute Gasteiger partial charge is 0.243 e. The molecule has 1 aliphatic heterocycles. The highest BCUT2D eigenvalue weighted by Crippen LogP contribution is 2.35. The van der Waals surface area contributed by atoms with Crippen LogP contribution in [0.15, 0.2) is 36.4 Å². The van der Waals surface area contributed by atoms with E-state index in [4.69, 9.17) is 11.6 Å². The van der Waals surface area contributed by atoms with Crippen molar-refractivity contribution in [2.24, 2.45) is 11.8 Å². The first-order valence-corrected chi connectivity index (χ1v) is 12.5. The topological polar surface area (TPSA) is 86.8 Å². The molecule has 1 fully saturated rings. The minimum atomic E-state index is -0.686. The van der Waals surface area contributed by atoms with E-state index in [1.54, 1.807) is 6.07 Å². The summed E-state index contributed by atoms with van der Waals surface area (Å²) in [7, 11) is 0. The first-order valence-electron chi connectivity index (χ1n) is 12.1. The molecule has 8 heteroatoms. The van der Waals surface area contributed by atoms with Crippen LogP contribution in [0.3, 0.4) is 0 Å². The van der Waals surface area contributed by atoms with Crippen molar-refractivity contribution in [2.45, 2.75) is 71.5 Å². The highest BCUT2D eigenvalue weighted by Gasteiger charge is 2.47. The molecule has 3 rings (SSSR count). The molecule has 4 atom stereocenters. The number of fused-ring (bicyclic) bond motifs is 1. The van der Waals surface area contributed by atoms with Gasteiger partial charge in [0.1, 0.15) is 6.04 Å². The number of carbonyl (C=O) groups is 4. The Balaban J connectivity index is 1.77. The van der Waals surface area contributed by atoms with Gasteiger partial charge in [0.25, 0.3) is 0 Å². The maximum absolute atomic E-state index is 13.4. The van der Waals surface area contributed by atoms with Crippen molar-refractivity contribution < 1.29 is 19.2 Å². The van der Waals surface area contributed by atoms with Gasteiger partial charge in [0.05, 0.1) is 11.8 Å². The van der Waals surface area contributed by atoms with Crippen molar-refractivity contribution in [2.75, 3.05) is 6.54 Å². The van der Waals surface area contributed by atoms with Crippen LogP contribution in [0.25, 0.3) is 0 Å². The van der Waals surface area contributed by atoms with E-state index in [1.165, 1.54) is 9.80 Å². The minimum Gasteiger partial charge on any atom is -0.352 e. The van der Waals surface area contributed by atoms with Gasteiger partial charge >= 0.3 is 0 Å². The summed E-state index contributed by atoms with van der Waals surface area (Å²) in [5, 5.41) is 3.48. The van der Waals surface area contributed by atoms with Gasteiger partial charge < -0.3 is 10.2 Å². The fourth-order valence-electron chi connectivity index (χ4n) is 4.61. The van der Waals surface area contributed by atoms with Crippen molar-refractivity contribution in [3.63, 3.8) is 0 Å². The number of amides is 4. The molecule has 1 N–H and O–H groups in total. The van der Waals surface area contributed by atoms with Crippen LogP contribution in [0, 0.1) is 11.8 Å². The molecular weight excluding hydrogens is 454 g/mol. The molecular formula is C26H34ClN3O4. The van der Waals surface area contributed by atoms with E-state index < -0.39 is 6.04 Å². The molecule has 2 unspecified atom stereocenters. The number of allylic oxidation sites excluding steroid dienone is 2. The van der Waals surface area contributed by atoms with Crippen LogP contribution < -0.4 is 5.32 Å². The lowest BCUT2D eigenvalue weighted by Crippen LogP contribution is -2.51. The van der Waals surface area contributed by atoms with Gasteiger partial charge in [0, 0.05) is 30.6 Å². The van der Waals surface area contributed by atoms with Gasteiger partial charge in [-0.2, -0.15) is 0 Å². The molecule has 0 aromatic heterocycles.